The molecule has 0 unspecified atom stereocenters. The number of rotatable bonds is 5. The summed E-state index contributed by atoms with van der Waals surface area (Å²) in [5.74, 6) is -0.187. The fraction of sp³-hybridized carbons (Fsp3) is 0.368. The van der Waals surface area contributed by atoms with Gasteiger partial charge in [-0.1, -0.05) is 12.8 Å². The van der Waals surface area contributed by atoms with Gasteiger partial charge in [-0.15, -0.1) is 0 Å². The number of carbonyl (C=O) groups is 2. The van der Waals surface area contributed by atoms with Gasteiger partial charge in [0.15, 0.2) is 0 Å². The predicted molar refractivity (Wildman–Crippen MR) is 98.7 cm³/mol. The van der Waals surface area contributed by atoms with E-state index < -0.39 is 0 Å². The highest BCUT2D eigenvalue weighted by molar-refractivity contribution is 6.03. The monoisotopic (exact) mass is 340 g/mol. The van der Waals surface area contributed by atoms with Crippen molar-refractivity contribution < 1.29 is 9.59 Å². The number of anilines is 2. The van der Waals surface area contributed by atoms with Crippen LogP contribution >= 0.6 is 0 Å². The lowest BCUT2D eigenvalue weighted by atomic mass is 10.2. The number of hydrogen-bond donors (Lipinski definition) is 3. The Morgan fingerprint density at radius 1 is 0.920 bits per heavy atom. The van der Waals surface area contributed by atoms with Gasteiger partial charge < -0.3 is 15.6 Å². The fourth-order valence-electron chi connectivity index (χ4n) is 3.00. The first kappa shape index (κ1) is 17.2. The van der Waals surface area contributed by atoms with Crippen LogP contribution in [0, 0.1) is 0 Å². The quantitative estimate of drug-likeness (QED) is 0.783. The Morgan fingerprint density at radius 2 is 1.56 bits per heavy atom. The van der Waals surface area contributed by atoms with E-state index in [9.17, 15) is 9.59 Å². The van der Waals surface area contributed by atoms with Gasteiger partial charge in [0.05, 0.1) is 6.54 Å². The molecular formula is C19H24N4O2. The number of amides is 2. The lowest BCUT2D eigenvalue weighted by molar-refractivity contribution is -0.117. The van der Waals surface area contributed by atoms with Gasteiger partial charge in [-0.05, 0) is 62.3 Å². The summed E-state index contributed by atoms with van der Waals surface area (Å²) in [5.41, 5.74) is 1.93. The third-order valence-electron chi connectivity index (χ3n) is 4.34. The van der Waals surface area contributed by atoms with Crippen LogP contribution < -0.4 is 10.6 Å². The topological polar surface area (TPSA) is 77.2 Å². The average Bonchev–Trinajstić information content (AvgIpc) is 3.03. The van der Waals surface area contributed by atoms with E-state index in [-0.39, 0.29) is 11.8 Å². The number of benzene rings is 1. The van der Waals surface area contributed by atoms with Crippen molar-refractivity contribution in [2.24, 2.45) is 0 Å². The molecule has 2 heterocycles. The molecule has 132 valence electrons. The van der Waals surface area contributed by atoms with Crippen LogP contribution in [0.5, 0.6) is 0 Å². The maximum absolute atomic E-state index is 12.2. The van der Waals surface area contributed by atoms with Crippen LogP contribution in [0.3, 0.4) is 0 Å². The van der Waals surface area contributed by atoms with Gasteiger partial charge in [0.2, 0.25) is 5.91 Å². The van der Waals surface area contributed by atoms with Crippen LogP contribution in [0.2, 0.25) is 0 Å². The normalized spacial score (nSPS) is 15.4. The summed E-state index contributed by atoms with van der Waals surface area (Å²) in [5, 5.41) is 5.72. The SMILES string of the molecule is O=C(CN1CCCCCC1)Nc1ccc(NC(=O)c2ccc[nH]2)cc1. The molecule has 0 saturated carbocycles. The molecule has 1 aliphatic rings. The van der Waals surface area contributed by atoms with Crippen molar-refractivity contribution in [2.75, 3.05) is 30.3 Å². The second kappa shape index (κ2) is 8.48. The van der Waals surface area contributed by atoms with E-state index in [1.165, 1.54) is 25.7 Å². The summed E-state index contributed by atoms with van der Waals surface area (Å²) in [6.07, 6.45) is 6.56. The van der Waals surface area contributed by atoms with Gasteiger partial charge in [0, 0.05) is 17.6 Å². The molecule has 0 atom stereocenters. The zero-order chi connectivity index (χ0) is 17.5. The number of nitrogens with zero attached hydrogens (tertiary/aromatic N) is 1. The minimum absolute atomic E-state index is 0.00470. The largest absolute Gasteiger partial charge is 0.357 e. The maximum atomic E-state index is 12.2. The molecule has 1 fully saturated rings. The fourth-order valence-corrected chi connectivity index (χ4v) is 3.00. The first-order chi connectivity index (χ1) is 12.2. The Kier molecular flexibility index (Phi) is 5.85. The minimum Gasteiger partial charge on any atom is -0.357 e. The number of hydrogen-bond acceptors (Lipinski definition) is 3. The van der Waals surface area contributed by atoms with Crippen LogP contribution in [0.1, 0.15) is 36.2 Å². The van der Waals surface area contributed by atoms with E-state index in [2.05, 4.69) is 20.5 Å². The molecule has 6 nitrogen and oxygen atoms in total. The highest BCUT2D eigenvalue weighted by Gasteiger charge is 2.13. The van der Waals surface area contributed by atoms with Crippen molar-refractivity contribution in [1.29, 1.82) is 0 Å². The molecule has 3 N–H and O–H groups in total. The number of aromatic nitrogens is 1. The second-order valence-corrected chi connectivity index (χ2v) is 6.35. The van der Waals surface area contributed by atoms with Gasteiger partial charge >= 0.3 is 0 Å². The van der Waals surface area contributed by atoms with Gasteiger partial charge in [-0.3, -0.25) is 14.5 Å². The predicted octanol–water partition coefficient (Wildman–Crippen LogP) is 3.08. The molecule has 25 heavy (non-hydrogen) atoms. The van der Waals surface area contributed by atoms with Crippen molar-refractivity contribution in [3.05, 3.63) is 48.3 Å². The number of likely N-dealkylation sites (tertiary alicyclic amines) is 1. The Bertz CT molecular complexity index is 687. The molecule has 1 aromatic carbocycles. The van der Waals surface area contributed by atoms with E-state index in [4.69, 9.17) is 0 Å². The molecule has 1 saturated heterocycles. The van der Waals surface area contributed by atoms with Crippen LogP contribution in [0.15, 0.2) is 42.6 Å². The average molecular weight is 340 g/mol. The standard InChI is InChI=1S/C19H24N4O2/c24-18(14-23-12-3-1-2-4-13-23)21-15-7-9-16(10-8-15)22-19(25)17-6-5-11-20-17/h5-11,20H,1-4,12-14H2,(H,21,24)(H,22,25). The summed E-state index contributed by atoms with van der Waals surface area (Å²) < 4.78 is 0. The van der Waals surface area contributed by atoms with Crippen LogP contribution in [-0.4, -0.2) is 41.3 Å². The maximum Gasteiger partial charge on any atom is 0.272 e. The Labute approximate surface area is 147 Å². The Hall–Kier alpha value is -2.60. The number of H-pyrrole nitrogens is 1. The number of aromatic amines is 1. The summed E-state index contributed by atoms with van der Waals surface area (Å²) in [4.78, 5) is 29.2. The lowest BCUT2D eigenvalue weighted by Gasteiger charge is -2.19. The minimum atomic E-state index is -0.192. The van der Waals surface area contributed by atoms with Gasteiger partial charge in [-0.25, -0.2) is 0 Å². The van der Waals surface area contributed by atoms with Crippen molar-refractivity contribution >= 4 is 23.2 Å². The van der Waals surface area contributed by atoms with E-state index >= 15 is 0 Å². The molecule has 0 radical (unpaired) electrons. The molecular weight excluding hydrogens is 316 g/mol. The Balaban J connectivity index is 1.50. The van der Waals surface area contributed by atoms with E-state index in [0.717, 1.165) is 18.8 Å². The summed E-state index contributed by atoms with van der Waals surface area (Å²) in [7, 11) is 0. The Morgan fingerprint density at radius 3 is 2.16 bits per heavy atom. The third-order valence-corrected chi connectivity index (χ3v) is 4.34. The number of carbonyl (C=O) groups excluding carboxylic acids is 2. The smallest absolute Gasteiger partial charge is 0.272 e. The second-order valence-electron chi connectivity index (χ2n) is 6.35. The van der Waals surface area contributed by atoms with Crippen molar-refractivity contribution in [1.82, 2.24) is 9.88 Å². The van der Waals surface area contributed by atoms with Crippen LogP contribution in [-0.2, 0) is 4.79 Å². The van der Waals surface area contributed by atoms with Crippen molar-refractivity contribution in [3.63, 3.8) is 0 Å². The molecule has 2 amide bonds. The zero-order valence-electron chi connectivity index (χ0n) is 14.3. The third kappa shape index (κ3) is 5.19. The van der Waals surface area contributed by atoms with E-state index in [0.29, 0.717) is 17.9 Å². The molecule has 0 aliphatic carbocycles. The zero-order valence-corrected chi connectivity index (χ0v) is 14.3. The van der Waals surface area contributed by atoms with Crippen LogP contribution in [0.25, 0.3) is 0 Å². The summed E-state index contributed by atoms with van der Waals surface area (Å²) in [6.45, 7) is 2.43. The first-order valence-electron chi connectivity index (χ1n) is 8.78. The molecule has 0 spiro atoms. The van der Waals surface area contributed by atoms with Gasteiger partial charge in [0.1, 0.15) is 5.69 Å². The van der Waals surface area contributed by atoms with Crippen LogP contribution in [0.4, 0.5) is 11.4 Å². The first-order valence-corrected chi connectivity index (χ1v) is 8.78. The van der Waals surface area contributed by atoms with Gasteiger partial charge in [-0.2, -0.15) is 0 Å². The molecule has 3 rings (SSSR count). The summed E-state index contributed by atoms with van der Waals surface area (Å²) >= 11 is 0. The number of nitrogens with one attached hydrogen (secondary N) is 3. The summed E-state index contributed by atoms with van der Waals surface area (Å²) in [6, 6.07) is 10.6. The highest BCUT2D eigenvalue weighted by atomic mass is 16.2. The molecule has 1 aliphatic heterocycles. The molecule has 1 aromatic heterocycles. The lowest BCUT2D eigenvalue weighted by Crippen LogP contribution is -2.33. The molecule has 0 bridgehead atoms. The van der Waals surface area contributed by atoms with Gasteiger partial charge in [0.25, 0.3) is 5.91 Å². The molecule has 2 aromatic rings. The van der Waals surface area contributed by atoms with Crippen molar-refractivity contribution in [2.45, 2.75) is 25.7 Å². The van der Waals surface area contributed by atoms with E-state index in [1.54, 1.807) is 42.6 Å². The van der Waals surface area contributed by atoms with E-state index in [1.807, 2.05) is 0 Å². The molecule has 6 heteroatoms. The van der Waals surface area contributed by atoms with Crippen molar-refractivity contribution in [3.8, 4) is 0 Å². The highest BCUT2D eigenvalue weighted by Crippen LogP contribution is 2.15.